The molecule has 1 N–H and O–H groups in total. The van der Waals surface area contributed by atoms with Crippen molar-refractivity contribution >= 4 is 17.3 Å². The van der Waals surface area contributed by atoms with Crippen LogP contribution in [0.3, 0.4) is 0 Å². The average molecular weight is 269 g/mol. The van der Waals surface area contributed by atoms with E-state index < -0.39 is 0 Å². The smallest absolute Gasteiger partial charge is 0.0471 e. The van der Waals surface area contributed by atoms with Gasteiger partial charge in [-0.25, -0.2) is 0 Å². The normalized spacial score (nSPS) is 11.7. The van der Waals surface area contributed by atoms with Gasteiger partial charge in [0.15, 0.2) is 0 Å². The summed E-state index contributed by atoms with van der Waals surface area (Å²) in [5, 5.41) is 4.29. The highest BCUT2D eigenvalue weighted by Crippen LogP contribution is 2.23. The van der Waals surface area contributed by atoms with Gasteiger partial charge in [0.2, 0.25) is 0 Å². The van der Waals surface area contributed by atoms with Gasteiger partial charge in [-0.15, -0.1) is 0 Å². The van der Waals surface area contributed by atoms with E-state index in [9.17, 15) is 0 Å². The molecule has 1 aromatic carbocycles. The van der Waals surface area contributed by atoms with Gasteiger partial charge in [-0.3, -0.25) is 0 Å². The SMILES string of the molecule is CCCN(C)c1ccc(CNC(C)(C)C)c(Cl)c1. The molecule has 0 bridgehead atoms. The zero-order valence-corrected chi connectivity index (χ0v) is 12.9. The molecule has 0 radical (unpaired) electrons. The lowest BCUT2D eigenvalue weighted by atomic mass is 10.1. The molecule has 0 saturated carbocycles. The van der Waals surface area contributed by atoms with Gasteiger partial charge < -0.3 is 10.2 Å². The summed E-state index contributed by atoms with van der Waals surface area (Å²) in [5.41, 5.74) is 2.45. The molecule has 0 unspecified atom stereocenters. The number of nitrogens with zero attached hydrogens (tertiary/aromatic N) is 1. The van der Waals surface area contributed by atoms with Gasteiger partial charge in [-0.1, -0.05) is 24.6 Å². The van der Waals surface area contributed by atoms with E-state index >= 15 is 0 Å². The van der Waals surface area contributed by atoms with Gasteiger partial charge in [-0.05, 0) is 44.9 Å². The first kappa shape index (κ1) is 15.3. The van der Waals surface area contributed by atoms with Crippen LogP contribution in [0.15, 0.2) is 18.2 Å². The highest BCUT2D eigenvalue weighted by atomic mass is 35.5. The Morgan fingerprint density at radius 1 is 1.28 bits per heavy atom. The third kappa shape index (κ3) is 4.87. The van der Waals surface area contributed by atoms with Crippen LogP contribution in [-0.2, 0) is 6.54 Å². The van der Waals surface area contributed by atoms with Gasteiger partial charge in [0, 0.05) is 36.4 Å². The van der Waals surface area contributed by atoms with Crippen LogP contribution in [0.4, 0.5) is 5.69 Å². The van der Waals surface area contributed by atoms with Crippen LogP contribution < -0.4 is 10.2 Å². The van der Waals surface area contributed by atoms with Crippen molar-refractivity contribution in [1.29, 1.82) is 0 Å². The van der Waals surface area contributed by atoms with Crippen LogP contribution in [0.25, 0.3) is 0 Å². The second-order valence-corrected chi connectivity index (χ2v) is 6.21. The number of hydrogen-bond donors (Lipinski definition) is 1. The first-order chi connectivity index (χ1) is 8.33. The lowest BCUT2D eigenvalue weighted by Gasteiger charge is -2.22. The molecule has 0 saturated heterocycles. The molecular weight excluding hydrogens is 244 g/mol. The molecule has 1 rings (SSSR count). The van der Waals surface area contributed by atoms with Crippen molar-refractivity contribution in [2.24, 2.45) is 0 Å². The predicted molar refractivity (Wildman–Crippen MR) is 81.6 cm³/mol. The van der Waals surface area contributed by atoms with Crippen molar-refractivity contribution in [2.45, 2.75) is 46.2 Å². The summed E-state index contributed by atoms with van der Waals surface area (Å²) >= 11 is 6.34. The van der Waals surface area contributed by atoms with E-state index in [2.05, 4.69) is 63.2 Å². The van der Waals surface area contributed by atoms with Crippen LogP contribution in [0.5, 0.6) is 0 Å². The summed E-state index contributed by atoms with van der Waals surface area (Å²) < 4.78 is 0. The summed E-state index contributed by atoms with van der Waals surface area (Å²) in [4.78, 5) is 2.23. The minimum Gasteiger partial charge on any atom is -0.375 e. The molecule has 0 amide bonds. The molecule has 0 aromatic heterocycles. The molecule has 0 atom stereocenters. The van der Waals surface area contributed by atoms with E-state index in [0.717, 1.165) is 30.1 Å². The zero-order chi connectivity index (χ0) is 13.8. The topological polar surface area (TPSA) is 15.3 Å². The molecule has 0 heterocycles. The number of halogens is 1. The number of nitrogens with one attached hydrogen (secondary N) is 1. The van der Waals surface area contributed by atoms with E-state index in [1.807, 2.05) is 0 Å². The van der Waals surface area contributed by atoms with Crippen molar-refractivity contribution in [3.8, 4) is 0 Å². The second-order valence-electron chi connectivity index (χ2n) is 5.80. The summed E-state index contributed by atoms with van der Waals surface area (Å²) in [5.74, 6) is 0. The van der Waals surface area contributed by atoms with Crippen molar-refractivity contribution in [3.05, 3.63) is 28.8 Å². The molecule has 1 aromatic rings. The molecular formula is C15H25ClN2. The Bertz CT molecular complexity index is 383. The van der Waals surface area contributed by atoms with Crippen LogP contribution in [0, 0.1) is 0 Å². The molecule has 0 aliphatic heterocycles. The quantitative estimate of drug-likeness (QED) is 0.866. The Morgan fingerprint density at radius 3 is 2.44 bits per heavy atom. The lowest BCUT2D eigenvalue weighted by Crippen LogP contribution is -2.35. The van der Waals surface area contributed by atoms with Crippen molar-refractivity contribution in [3.63, 3.8) is 0 Å². The molecule has 0 aliphatic carbocycles. The van der Waals surface area contributed by atoms with Gasteiger partial charge in [-0.2, -0.15) is 0 Å². The molecule has 2 nitrogen and oxygen atoms in total. The molecule has 0 spiro atoms. The zero-order valence-electron chi connectivity index (χ0n) is 12.2. The minimum atomic E-state index is 0.112. The van der Waals surface area contributed by atoms with Crippen LogP contribution in [-0.4, -0.2) is 19.1 Å². The number of benzene rings is 1. The highest BCUT2D eigenvalue weighted by molar-refractivity contribution is 6.31. The van der Waals surface area contributed by atoms with Crippen molar-refractivity contribution in [1.82, 2.24) is 5.32 Å². The maximum Gasteiger partial charge on any atom is 0.0471 e. The Balaban J connectivity index is 2.73. The predicted octanol–water partition coefficient (Wildman–Crippen LogP) is 4.07. The fourth-order valence-corrected chi connectivity index (χ4v) is 1.98. The highest BCUT2D eigenvalue weighted by Gasteiger charge is 2.10. The monoisotopic (exact) mass is 268 g/mol. The van der Waals surface area contributed by atoms with Crippen molar-refractivity contribution in [2.75, 3.05) is 18.5 Å². The van der Waals surface area contributed by atoms with E-state index in [0.29, 0.717) is 0 Å². The molecule has 102 valence electrons. The Kier molecular flexibility index (Phi) is 5.48. The fourth-order valence-electron chi connectivity index (χ4n) is 1.74. The lowest BCUT2D eigenvalue weighted by molar-refractivity contribution is 0.424. The van der Waals surface area contributed by atoms with Crippen LogP contribution >= 0.6 is 11.6 Å². The molecule has 0 aliphatic rings. The van der Waals surface area contributed by atoms with Gasteiger partial charge in [0.1, 0.15) is 0 Å². The Labute approximate surface area is 116 Å². The minimum absolute atomic E-state index is 0.112. The summed E-state index contributed by atoms with van der Waals surface area (Å²) in [6.07, 6.45) is 1.14. The largest absolute Gasteiger partial charge is 0.375 e. The van der Waals surface area contributed by atoms with Crippen LogP contribution in [0.1, 0.15) is 39.7 Å². The summed E-state index contributed by atoms with van der Waals surface area (Å²) in [6, 6.07) is 6.31. The maximum absolute atomic E-state index is 6.34. The summed E-state index contributed by atoms with van der Waals surface area (Å²) in [7, 11) is 2.10. The third-order valence-corrected chi connectivity index (χ3v) is 3.20. The molecule has 3 heteroatoms. The maximum atomic E-state index is 6.34. The average Bonchev–Trinajstić information content (AvgIpc) is 2.26. The van der Waals surface area contributed by atoms with Crippen molar-refractivity contribution < 1.29 is 0 Å². The van der Waals surface area contributed by atoms with Gasteiger partial charge >= 0.3 is 0 Å². The number of anilines is 1. The van der Waals surface area contributed by atoms with E-state index in [1.54, 1.807) is 0 Å². The van der Waals surface area contributed by atoms with Gasteiger partial charge in [0.25, 0.3) is 0 Å². The van der Waals surface area contributed by atoms with E-state index in [1.165, 1.54) is 5.69 Å². The third-order valence-electron chi connectivity index (χ3n) is 2.85. The Morgan fingerprint density at radius 2 is 1.94 bits per heavy atom. The molecule has 0 fully saturated rings. The number of hydrogen-bond acceptors (Lipinski definition) is 2. The van der Waals surface area contributed by atoms with E-state index in [4.69, 9.17) is 11.6 Å². The standard InChI is InChI=1S/C15H25ClN2/c1-6-9-18(5)13-8-7-12(14(16)10-13)11-17-15(2,3)4/h7-8,10,17H,6,9,11H2,1-5H3. The van der Waals surface area contributed by atoms with Crippen LogP contribution in [0.2, 0.25) is 5.02 Å². The fraction of sp³-hybridized carbons (Fsp3) is 0.600. The van der Waals surface area contributed by atoms with E-state index in [-0.39, 0.29) is 5.54 Å². The second kappa shape index (κ2) is 6.44. The summed E-state index contributed by atoms with van der Waals surface area (Å²) in [6.45, 7) is 10.5. The Hall–Kier alpha value is -0.730. The molecule has 18 heavy (non-hydrogen) atoms. The number of rotatable bonds is 5. The first-order valence-electron chi connectivity index (χ1n) is 6.58. The van der Waals surface area contributed by atoms with Gasteiger partial charge in [0.05, 0.1) is 0 Å². The first-order valence-corrected chi connectivity index (χ1v) is 6.96.